The standard InChI is InChI=1S/C46H52/c1-9-11-13-32-19-25-37-34(27-32)28-39-38(37)26-20-33(14-12-10-2)41(39)40-31(5)42-44(45(6,7)8)43(40)46(42,35-21-15-29(3)16-22-35)36-23-17-30(4)18-24-36/h15-27,31H,9-14,28H2,1-8H3. The molecule has 0 radical (unpaired) electrons. The maximum Gasteiger partial charge on any atom is 0.0679 e. The van der Waals surface area contributed by atoms with Crippen molar-refractivity contribution < 1.29 is 0 Å². The van der Waals surface area contributed by atoms with E-state index in [1.807, 2.05) is 0 Å². The SMILES string of the molecule is CCCCc1ccc2c(c1)Cc1c-2ccc(CCCC)c1C1=C2C(C(C)(C)C)=C(C1C)C2(c1ccc(C)cc1)c1ccc(C)cc1. The predicted octanol–water partition coefficient (Wildman–Crippen LogP) is 12.3. The molecule has 0 amide bonds. The molecule has 0 heterocycles. The molecular formula is C46H52. The fourth-order valence-electron chi connectivity index (χ4n) is 9.14. The Hall–Kier alpha value is -3.64. The van der Waals surface area contributed by atoms with Gasteiger partial charge in [-0.1, -0.05) is 144 Å². The maximum atomic E-state index is 2.53. The van der Waals surface area contributed by atoms with Crippen molar-refractivity contribution in [3.63, 3.8) is 0 Å². The van der Waals surface area contributed by atoms with Gasteiger partial charge in [0.05, 0.1) is 5.41 Å². The van der Waals surface area contributed by atoms with E-state index in [2.05, 4.69) is 134 Å². The number of fused-ring (bicyclic) bond motifs is 4. The Morgan fingerprint density at radius 1 is 0.717 bits per heavy atom. The van der Waals surface area contributed by atoms with Crippen LogP contribution >= 0.6 is 0 Å². The summed E-state index contributed by atoms with van der Waals surface area (Å²) in [6.07, 6.45) is 8.31. The van der Waals surface area contributed by atoms with Gasteiger partial charge < -0.3 is 0 Å². The van der Waals surface area contributed by atoms with E-state index >= 15 is 0 Å². The van der Waals surface area contributed by atoms with Gasteiger partial charge in [0, 0.05) is 5.92 Å². The summed E-state index contributed by atoms with van der Waals surface area (Å²) < 4.78 is 0. The molecule has 4 aliphatic carbocycles. The second-order valence-electron chi connectivity index (χ2n) is 15.5. The third-order valence-electron chi connectivity index (χ3n) is 11.3. The average Bonchev–Trinajstić information content (AvgIpc) is 3.64. The first-order valence-corrected chi connectivity index (χ1v) is 18.0. The molecule has 0 aromatic heterocycles. The Kier molecular flexibility index (Phi) is 7.78. The number of unbranched alkanes of at least 4 members (excludes halogenated alkanes) is 2. The minimum Gasteiger partial charge on any atom is -0.0654 e. The summed E-state index contributed by atoms with van der Waals surface area (Å²) >= 11 is 0. The highest BCUT2D eigenvalue weighted by Crippen LogP contribution is 2.72. The molecule has 236 valence electrons. The molecule has 0 N–H and O–H groups in total. The average molecular weight is 605 g/mol. The van der Waals surface area contributed by atoms with Crippen LogP contribution in [-0.2, 0) is 24.7 Å². The lowest BCUT2D eigenvalue weighted by molar-refractivity contribution is 0.448. The Morgan fingerprint density at radius 2 is 1.30 bits per heavy atom. The van der Waals surface area contributed by atoms with Crippen LogP contribution in [0.4, 0.5) is 0 Å². The van der Waals surface area contributed by atoms with Crippen LogP contribution in [0.3, 0.4) is 0 Å². The van der Waals surface area contributed by atoms with Crippen molar-refractivity contribution in [2.24, 2.45) is 11.3 Å². The zero-order valence-corrected chi connectivity index (χ0v) is 29.5. The molecule has 4 aromatic carbocycles. The first-order valence-electron chi connectivity index (χ1n) is 18.0. The van der Waals surface area contributed by atoms with Crippen LogP contribution in [0.1, 0.15) is 117 Å². The van der Waals surface area contributed by atoms with Crippen LogP contribution in [0.25, 0.3) is 16.7 Å². The normalized spacial score (nSPS) is 17.8. The molecular weight excluding hydrogens is 553 g/mol. The fraction of sp³-hybridized carbons (Fsp3) is 0.391. The molecule has 0 nitrogen and oxygen atoms in total. The van der Waals surface area contributed by atoms with Gasteiger partial charge in [-0.05, 0) is 124 Å². The van der Waals surface area contributed by atoms with Gasteiger partial charge in [0.25, 0.3) is 0 Å². The van der Waals surface area contributed by atoms with Crippen molar-refractivity contribution in [2.75, 3.05) is 0 Å². The molecule has 2 bridgehead atoms. The fourth-order valence-corrected chi connectivity index (χ4v) is 9.14. The highest BCUT2D eigenvalue weighted by Gasteiger charge is 2.62. The van der Waals surface area contributed by atoms with E-state index in [0.29, 0.717) is 5.92 Å². The second kappa shape index (κ2) is 11.6. The number of hydrogen-bond donors (Lipinski definition) is 0. The zero-order valence-electron chi connectivity index (χ0n) is 29.5. The summed E-state index contributed by atoms with van der Waals surface area (Å²) in [6.45, 7) is 18.9. The lowest BCUT2D eigenvalue weighted by atomic mass is 9.51. The number of allylic oxidation sites excluding steroid dienone is 4. The molecule has 0 saturated carbocycles. The van der Waals surface area contributed by atoms with Crippen LogP contribution in [0.5, 0.6) is 0 Å². The summed E-state index contributed by atoms with van der Waals surface area (Å²) in [5.74, 6) is 0.363. The molecule has 8 rings (SSSR count). The van der Waals surface area contributed by atoms with Crippen LogP contribution < -0.4 is 0 Å². The molecule has 0 fully saturated rings. The summed E-state index contributed by atoms with van der Waals surface area (Å²) in [4.78, 5) is 0. The first kappa shape index (κ1) is 31.0. The topological polar surface area (TPSA) is 0 Å². The Balaban J connectivity index is 1.52. The third-order valence-corrected chi connectivity index (χ3v) is 11.3. The molecule has 0 spiro atoms. The molecule has 0 heteroatoms. The smallest absolute Gasteiger partial charge is 0.0654 e. The second-order valence-corrected chi connectivity index (χ2v) is 15.5. The van der Waals surface area contributed by atoms with Gasteiger partial charge in [-0.25, -0.2) is 0 Å². The summed E-state index contributed by atoms with van der Waals surface area (Å²) in [6, 6.07) is 31.3. The van der Waals surface area contributed by atoms with Crippen LogP contribution in [0, 0.1) is 25.2 Å². The minimum absolute atomic E-state index is 0.0677. The van der Waals surface area contributed by atoms with Gasteiger partial charge in [0.15, 0.2) is 0 Å². The molecule has 0 saturated heterocycles. The van der Waals surface area contributed by atoms with Gasteiger partial charge in [0.2, 0.25) is 0 Å². The van der Waals surface area contributed by atoms with E-state index in [0.717, 1.165) is 12.8 Å². The van der Waals surface area contributed by atoms with Crippen molar-refractivity contribution >= 4 is 5.57 Å². The predicted molar refractivity (Wildman–Crippen MR) is 198 cm³/mol. The van der Waals surface area contributed by atoms with Crippen molar-refractivity contribution in [2.45, 2.75) is 106 Å². The van der Waals surface area contributed by atoms with Gasteiger partial charge in [-0.3, -0.25) is 0 Å². The van der Waals surface area contributed by atoms with Crippen LogP contribution in [0.2, 0.25) is 0 Å². The minimum atomic E-state index is -0.206. The highest BCUT2D eigenvalue weighted by atomic mass is 14.6. The van der Waals surface area contributed by atoms with Gasteiger partial charge >= 0.3 is 0 Å². The lowest BCUT2D eigenvalue weighted by Crippen LogP contribution is -2.43. The van der Waals surface area contributed by atoms with E-state index < -0.39 is 0 Å². The largest absolute Gasteiger partial charge is 0.0679 e. The Labute approximate surface area is 278 Å². The molecule has 1 atom stereocenters. The van der Waals surface area contributed by atoms with E-state index in [-0.39, 0.29) is 10.8 Å². The first-order chi connectivity index (χ1) is 22.1. The van der Waals surface area contributed by atoms with Crippen molar-refractivity contribution in [1.82, 2.24) is 0 Å². The molecule has 1 unspecified atom stereocenters. The van der Waals surface area contributed by atoms with E-state index in [1.54, 1.807) is 39.0 Å². The van der Waals surface area contributed by atoms with Gasteiger partial charge in [-0.15, -0.1) is 0 Å². The lowest BCUT2D eigenvalue weighted by Gasteiger charge is -2.50. The number of benzene rings is 4. The van der Waals surface area contributed by atoms with Crippen LogP contribution in [0.15, 0.2) is 95.6 Å². The zero-order chi connectivity index (χ0) is 32.4. The van der Waals surface area contributed by atoms with E-state index in [1.165, 1.54) is 76.6 Å². The van der Waals surface area contributed by atoms with Crippen molar-refractivity contribution in [1.29, 1.82) is 0 Å². The van der Waals surface area contributed by atoms with Gasteiger partial charge in [0.1, 0.15) is 0 Å². The summed E-state index contributed by atoms with van der Waals surface area (Å²) in [5.41, 5.74) is 22.5. The third kappa shape index (κ3) is 4.62. The van der Waals surface area contributed by atoms with E-state index in [4.69, 9.17) is 0 Å². The molecule has 0 aliphatic heterocycles. The molecule has 4 aromatic rings. The van der Waals surface area contributed by atoms with Gasteiger partial charge in [-0.2, -0.15) is 0 Å². The quantitative estimate of drug-likeness (QED) is 0.157. The summed E-state index contributed by atoms with van der Waals surface area (Å²) in [7, 11) is 0. The number of hydrogen-bond acceptors (Lipinski definition) is 0. The number of aryl methyl sites for hydroxylation is 4. The molecule has 4 aliphatic rings. The maximum absolute atomic E-state index is 2.53. The van der Waals surface area contributed by atoms with Crippen molar-refractivity contribution in [3.05, 3.63) is 146 Å². The Bertz CT molecular complexity index is 1820. The van der Waals surface area contributed by atoms with Crippen molar-refractivity contribution in [3.8, 4) is 11.1 Å². The van der Waals surface area contributed by atoms with Crippen LogP contribution in [-0.4, -0.2) is 0 Å². The monoisotopic (exact) mass is 604 g/mol. The molecule has 46 heavy (non-hydrogen) atoms. The Morgan fingerprint density at radius 3 is 1.89 bits per heavy atom. The van der Waals surface area contributed by atoms with E-state index in [9.17, 15) is 0 Å². The number of rotatable bonds is 9. The summed E-state index contributed by atoms with van der Waals surface area (Å²) in [5, 5.41) is 0. The highest BCUT2D eigenvalue weighted by molar-refractivity contribution is 5.99.